The van der Waals surface area contributed by atoms with Crippen LogP contribution in [0.3, 0.4) is 0 Å². The molecule has 1 rings (SSSR count). The quantitative estimate of drug-likeness (QED) is 0.511. The number of nitrogens with one attached hydrogen (secondary N) is 2. The van der Waals surface area contributed by atoms with Gasteiger partial charge in [0.25, 0.3) is 0 Å². The summed E-state index contributed by atoms with van der Waals surface area (Å²) >= 11 is 1.81. The molecule has 0 aliphatic rings. The highest BCUT2D eigenvalue weighted by Gasteiger charge is 2.02. The third-order valence-electron chi connectivity index (χ3n) is 3.51. The Hall–Kier alpha value is -1.14. The van der Waals surface area contributed by atoms with Crippen molar-refractivity contribution < 1.29 is 0 Å². The molecule has 0 aliphatic carbocycles. The lowest BCUT2D eigenvalue weighted by Crippen LogP contribution is -2.39. The van der Waals surface area contributed by atoms with Gasteiger partial charge in [-0.15, -0.1) is 11.3 Å². The minimum atomic E-state index is 0.828. The van der Waals surface area contributed by atoms with Gasteiger partial charge in [-0.2, -0.15) is 0 Å². The average Bonchev–Trinajstić information content (AvgIpc) is 2.99. The van der Waals surface area contributed by atoms with Crippen molar-refractivity contribution in [2.24, 2.45) is 4.99 Å². The minimum absolute atomic E-state index is 0.828. The van der Waals surface area contributed by atoms with Gasteiger partial charge in [0.2, 0.25) is 0 Å². The maximum atomic E-state index is 4.64. The standard InChI is InChI=1S/C16H31N5S/c1-5-14-13-20-15(22-14)9-10-18-16(17-6-2)19-11-12-21(7-3)8-4/h13H,5-12H2,1-4H3,(H2,17,18,19). The van der Waals surface area contributed by atoms with Crippen molar-refractivity contribution in [1.82, 2.24) is 20.5 Å². The molecule has 6 heteroatoms. The molecule has 1 heterocycles. The molecular formula is C16H31N5S. The van der Waals surface area contributed by atoms with E-state index in [4.69, 9.17) is 0 Å². The summed E-state index contributed by atoms with van der Waals surface area (Å²) < 4.78 is 0. The average molecular weight is 326 g/mol. The maximum absolute atomic E-state index is 4.64. The number of thiazole rings is 1. The summed E-state index contributed by atoms with van der Waals surface area (Å²) in [4.78, 5) is 12.8. The molecule has 0 saturated heterocycles. The first-order valence-electron chi connectivity index (χ1n) is 8.41. The zero-order valence-corrected chi connectivity index (χ0v) is 15.3. The highest BCUT2D eigenvalue weighted by atomic mass is 32.1. The number of aliphatic imine (C=N–C) groups is 1. The molecule has 0 amide bonds. The van der Waals surface area contributed by atoms with E-state index in [2.05, 4.69) is 53.2 Å². The summed E-state index contributed by atoms with van der Waals surface area (Å²) in [6.45, 7) is 14.4. The number of rotatable bonds is 10. The van der Waals surface area contributed by atoms with E-state index in [0.29, 0.717) is 0 Å². The first-order chi connectivity index (χ1) is 10.7. The molecule has 0 saturated carbocycles. The molecule has 22 heavy (non-hydrogen) atoms. The van der Waals surface area contributed by atoms with Crippen molar-refractivity contribution in [2.45, 2.75) is 40.5 Å². The molecule has 0 atom stereocenters. The molecule has 0 unspecified atom stereocenters. The van der Waals surface area contributed by atoms with Crippen LogP contribution in [0.4, 0.5) is 0 Å². The molecule has 5 nitrogen and oxygen atoms in total. The molecule has 0 spiro atoms. The van der Waals surface area contributed by atoms with Gasteiger partial charge >= 0.3 is 0 Å². The van der Waals surface area contributed by atoms with Gasteiger partial charge in [-0.3, -0.25) is 4.99 Å². The molecule has 2 N–H and O–H groups in total. The zero-order valence-electron chi connectivity index (χ0n) is 14.5. The van der Waals surface area contributed by atoms with Crippen LogP contribution in [0.5, 0.6) is 0 Å². The smallest absolute Gasteiger partial charge is 0.191 e. The van der Waals surface area contributed by atoms with Gasteiger partial charge in [-0.05, 0) is 26.4 Å². The summed E-state index contributed by atoms with van der Waals surface area (Å²) in [5.41, 5.74) is 0. The van der Waals surface area contributed by atoms with Crippen molar-refractivity contribution in [1.29, 1.82) is 0 Å². The van der Waals surface area contributed by atoms with E-state index in [0.717, 1.165) is 58.1 Å². The molecule has 1 aromatic heterocycles. The Morgan fingerprint density at radius 1 is 1.23 bits per heavy atom. The largest absolute Gasteiger partial charge is 0.357 e. The summed E-state index contributed by atoms with van der Waals surface area (Å²) in [7, 11) is 0. The highest BCUT2D eigenvalue weighted by Crippen LogP contribution is 2.13. The van der Waals surface area contributed by atoms with Crippen LogP contribution in [0.25, 0.3) is 0 Å². The lowest BCUT2D eigenvalue weighted by molar-refractivity contribution is 0.313. The number of aromatic nitrogens is 1. The van der Waals surface area contributed by atoms with Crippen LogP contribution in [0.2, 0.25) is 0 Å². The van der Waals surface area contributed by atoms with E-state index in [1.165, 1.54) is 9.88 Å². The van der Waals surface area contributed by atoms with Crippen molar-refractivity contribution in [3.63, 3.8) is 0 Å². The van der Waals surface area contributed by atoms with Gasteiger partial charge in [-0.25, -0.2) is 4.98 Å². The molecule has 0 bridgehead atoms. The van der Waals surface area contributed by atoms with Crippen LogP contribution in [0.1, 0.15) is 37.6 Å². The number of hydrogen-bond acceptors (Lipinski definition) is 4. The van der Waals surface area contributed by atoms with E-state index in [1.807, 2.05) is 17.5 Å². The SMILES string of the molecule is CCNC(=NCCN(CC)CC)NCCc1ncc(CC)s1. The Balaban J connectivity index is 2.36. The number of hydrogen-bond donors (Lipinski definition) is 2. The fraction of sp³-hybridized carbons (Fsp3) is 0.750. The Labute approximate surface area is 139 Å². The Morgan fingerprint density at radius 3 is 2.59 bits per heavy atom. The molecule has 0 aliphatic heterocycles. The molecule has 0 radical (unpaired) electrons. The van der Waals surface area contributed by atoms with Gasteiger partial charge in [0.15, 0.2) is 5.96 Å². The fourth-order valence-electron chi connectivity index (χ4n) is 2.10. The Bertz CT molecular complexity index is 426. The van der Waals surface area contributed by atoms with Gasteiger partial charge in [0, 0.05) is 37.1 Å². The predicted octanol–water partition coefficient (Wildman–Crippen LogP) is 2.14. The van der Waals surface area contributed by atoms with Gasteiger partial charge < -0.3 is 15.5 Å². The van der Waals surface area contributed by atoms with Crippen molar-refractivity contribution in [3.05, 3.63) is 16.1 Å². The Kier molecular flexibility index (Phi) is 9.82. The van der Waals surface area contributed by atoms with Crippen LogP contribution in [0.15, 0.2) is 11.2 Å². The van der Waals surface area contributed by atoms with E-state index >= 15 is 0 Å². The lowest BCUT2D eigenvalue weighted by Gasteiger charge is -2.17. The van der Waals surface area contributed by atoms with Crippen molar-refractivity contribution >= 4 is 17.3 Å². The van der Waals surface area contributed by atoms with Crippen molar-refractivity contribution in [2.75, 3.05) is 39.3 Å². The molecular weight excluding hydrogens is 294 g/mol. The van der Waals surface area contributed by atoms with E-state index in [-0.39, 0.29) is 0 Å². The summed E-state index contributed by atoms with van der Waals surface area (Å²) in [6, 6.07) is 0. The van der Waals surface area contributed by atoms with Gasteiger partial charge in [0.05, 0.1) is 11.6 Å². The number of guanidine groups is 1. The highest BCUT2D eigenvalue weighted by molar-refractivity contribution is 7.11. The fourth-order valence-corrected chi connectivity index (χ4v) is 2.96. The number of likely N-dealkylation sites (N-methyl/N-ethyl adjacent to an activating group) is 1. The van der Waals surface area contributed by atoms with Crippen LogP contribution in [0, 0.1) is 0 Å². The monoisotopic (exact) mass is 325 g/mol. The van der Waals surface area contributed by atoms with Crippen LogP contribution >= 0.6 is 11.3 Å². The third-order valence-corrected chi connectivity index (χ3v) is 4.71. The first kappa shape index (κ1) is 18.9. The molecule has 126 valence electrons. The maximum Gasteiger partial charge on any atom is 0.191 e. The Morgan fingerprint density at radius 2 is 2.00 bits per heavy atom. The van der Waals surface area contributed by atoms with Gasteiger partial charge in [0.1, 0.15) is 0 Å². The minimum Gasteiger partial charge on any atom is -0.357 e. The summed E-state index contributed by atoms with van der Waals surface area (Å²) in [5, 5.41) is 7.89. The molecule has 1 aromatic rings. The van der Waals surface area contributed by atoms with Gasteiger partial charge in [-0.1, -0.05) is 20.8 Å². The molecule has 0 aromatic carbocycles. The number of aryl methyl sites for hydroxylation is 1. The lowest BCUT2D eigenvalue weighted by atomic mass is 10.4. The third kappa shape index (κ3) is 7.22. The normalized spacial score (nSPS) is 12.0. The summed E-state index contributed by atoms with van der Waals surface area (Å²) in [6.07, 6.45) is 4.01. The summed E-state index contributed by atoms with van der Waals surface area (Å²) in [5.74, 6) is 0.905. The predicted molar refractivity (Wildman–Crippen MR) is 97.0 cm³/mol. The van der Waals surface area contributed by atoms with E-state index in [9.17, 15) is 0 Å². The van der Waals surface area contributed by atoms with E-state index in [1.54, 1.807) is 0 Å². The van der Waals surface area contributed by atoms with Crippen LogP contribution in [-0.4, -0.2) is 55.1 Å². The van der Waals surface area contributed by atoms with Crippen LogP contribution in [-0.2, 0) is 12.8 Å². The number of nitrogens with zero attached hydrogens (tertiary/aromatic N) is 3. The second kappa shape index (κ2) is 11.4. The van der Waals surface area contributed by atoms with E-state index < -0.39 is 0 Å². The zero-order chi connectivity index (χ0) is 16.2. The molecule has 0 fully saturated rings. The second-order valence-electron chi connectivity index (χ2n) is 5.04. The first-order valence-corrected chi connectivity index (χ1v) is 9.23. The van der Waals surface area contributed by atoms with Crippen LogP contribution < -0.4 is 10.6 Å². The topological polar surface area (TPSA) is 52.6 Å². The van der Waals surface area contributed by atoms with Crippen molar-refractivity contribution in [3.8, 4) is 0 Å². The second-order valence-corrected chi connectivity index (χ2v) is 6.24.